The van der Waals surface area contributed by atoms with E-state index >= 15 is 0 Å². The molecule has 20 heavy (non-hydrogen) atoms. The number of hydrogen-bond acceptors (Lipinski definition) is 6. The smallest absolute Gasteiger partial charge is 0.316 e. The number of hydrogen-bond donors (Lipinski definition) is 1. The molecule has 0 spiro atoms. The van der Waals surface area contributed by atoms with Crippen molar-refractivity contribution in [3.63, 3.8) is 0 Å². The fourth-order valence-corrected chi connectivity index (χ4v) is 2.60. The number of aromatic nitrogens is 1. The van der Waals surface area contributed by atoms with Crippen LogP contribution in [0.1, 0.15) is 13.8 Å². The molecule has 6 nitrogen and oxygen atoms in total. The predicted molar refractivity (Wildman–Crippen MR) is 76.1 cm³/mol. The second-order valence-electron chi connectivity index (χ2n) is 4.99. The Kier molecular flexibility index (Phi) is 4.29. The zero-order valence-electron chi connectivity index (χ0n) is 11.5. The largest absolute Gasteiger partial charge is 0.428 e. The Labute approximate surface area is 117 Å². The Morgan fingerprint density at radius 1 is 1.40 bits per heavy atom. The summed E-state index contributed by atoms with van der Waals surface area (Å²) in [5.41, 5.74) is 6.97. The van der Waals surface area contributed by atoms with Crippen LogP contribution in [0.25, 0.3) is 11.1 Å². The molecule has 1 aromatic carbocycles. The minimum absolute atomic E-state index is 0.126. The second-order valence-corrected chi connectivity index (χ2v) is 6.98. The van der Waals surface area contributed by atoms with Crippen LogP contribution in [0.3, 0.4) is 0 Å². The summed E-state index contributed by atoms with van der Waals surface area (Å²) in [6.45, 7) is 4.65. The molecular weight excluding hydrogens is 280 g/mol. The molecule has 0 aliphatic heterocycles. The lowest BCUT2D eigenvalue weighted by molar-refractivity contribution is 0.123. The molecule has 7 heteroatoms. The fourth-order valence-electron chi connectivity index (χ4n) is 1.63. The van der Waals surface area contributed by atoms with Crippen molar-refractivity contribution in [1.82, 2.24) is 4.98 Å². The van der Waals surface area contributed by atoms with Crippen LogP contribution in [0.15, 0.2) is 27.8 Å². The van der Waals surface area contributed by atoms with Crippen molar-refractivity contribution < 1.29 is 17.6 Å². The van der Waals surface area contributed by atoms with E-state index in [1.165, 1.54) is 0 Å². The van der Waals surface area contributed by atoms with Crippen molar-refractivity contribution in [2.24, 2.45) is 5.92 Å². The molecule has 110 valence electrons. The fraction of sp³-hybridized carbons (Fsp3) is 0.462. The molecular formula is C13H18N2O4S. The highest BCUT2D eigenvalue weighted by atomic mass is 32.2. The van der Waals surface area contributed by atoms with Gasteiger partial charge in [-0.15, -0.1) is 0 Å². The van der Waals surface area contributed by atoms with Crippen LogP contribution in [0.4, 0.5) is 5.69 Å². The summed E-state index contributed by atoms with van der Waals surface area (Å²) in [7, 11) is -3.58. The van der Waals surface area contributed by atoms with Gasteiger partial charge in [-0.3, -0.25) is 0 Å². The number of nitrogen functional groups attached to an aromatic ring is 1. The number of fused-ring (bicyclic) bond motifs is 1. The van der Waals surface area contributed by atoms with Crippen molar-refractivity contribution in [3.05, 3.63) is 18.2 Å². The van der Waals surface area contributed by atoms with Crippen LogP contribution >= 0.6 is 0 Å². The Morgan fingerprint density at radius 3 is 2.85 bits per heavy atom. The van der Waals surface area contributed by atoms with Crippen molar-refractivity contribution in [2.45, 2.75) is 19.1 Å². The van der Waals surface area contributed by atoms with Gasteiger partial charge < -0.3 is 14.9 Å². The highest BCUT2D eigenvalue weighted by molar-refractivity contribution is 7.91. The molecule has 0 aliphatic rings. The molecule has 0 saturated carbocycles. The summed E-state index contributed by atoms with van der Waals surface area (Å²) >= 11 is 0. The topological polar surface area (TPSA) is 95.4 Å². The van der Waals surface area contributed by atoms with E-state index in [0.29, 0.717) is 29.3 Å². The van der Waals surface area contributed by atoms with E-state index in [9.17, 15) is 8.42 Å². The van der Waals surface area contributed by atoms with Gasteiger partial charge in [-0.25, -0.2) is 8.42 Å². The second kappa shape index (κ2) is 5.80. The van der Waals surface area contributed by atoms with Gasteiger partial charge in [-0.2, -0.15) is 4.98 Å². The maximum absolute atomic E-state index is 12.1. The van der Waals surface area contributed by atoms with E-state index in [-0.39, 0.29) is 17.6 Å². The molecule has 1 aromatic heterocycles. The lowest BCUT2D eigenvalue weighted by Crippen LogP contribution is -2.14. The molecule has 2 aromatic rings. The number of nitrogens with zero attached hydrogens (tertiary/aromatic N) is 1. The molecule has 2 rings (SSSR count). The minimum Gasteiger partial charge on any atom is -0.428 e. The van der Waals surface area contributed by atoms with Gasteiger partial charge in [0.25, 0.3) is 0 Å². The maximum atomic E-state index is 12.1. The molecule has 0 bridgehead atoms. The molecule has 0 fully saturated rings. The lowest BCUT2D eigenvalue weighted by Gasteiger charge is -2.05. The van der Waals surface area contributed by atoms with Crippen LogP contribution in [0.2, 0.25) is 0 Å². The van der Waals surface area contributed by atoms with Gasteiger partial charge >= 0.3 is 5.22 Å². The first-order chi connectivity index (χ1) is 9.38. The Bertz CT molecular complexity index is 691. The summed E-state index contributed by atoms with van der Waals surface area (Å²) in [5.74, 6) is 0.215. The highest BCUT2D eigenvalue weighted by Crippen LogP contribution is 2.21. The third-order valence-electron chi connectivity index (χ3n) is 2.61. The van der Waals surface area contributed by atoms with Crippen molar-refractivity contribution in [1.29, 1.82) is 0 Å². The normalized spacial score (nSPS) is 12.3. The summed E-state index contributed by atoms with van der Waals surface area (Å²) in [5, 5.41) is -0.286. The minimum atomic E-state index is -3.58. The van der Waals surface area contributed by atoms with E-state index in [1.807, 2.05) is 13.8 Å². The average Bonchev–Trinajstić information content (AvgIpc) is 2.78. The number of rotatable bonds is 6. The molecule has 0 radical (unpaired) electrons. The summed E-state index contributed by atoms with van der Waals surface area (Å²) in [6, 6.07) is 4.81. The third-order valence-corrected chi connectivity index (χ3v) is 4.02. The monoisotopic (exact) mass is 298 g/mol. The molecule has 0 saturated heterocycles. The van der Waals surface area contributed by atoms with Crippen LogP contribution in [0, 0.1) is 5.92 Å². The Hall–Kier alpha value is -1.60. The first-order valence-corrected chi connectivity index (χ1v) is 8.00. The molecule has 1 heterocycles. The standard InChI is InChI=1S/C13H18N2O4S/c1-9(2)8-18-5-6-20(16,17)13-15-11-7-10(14)3-4-12(11)19-13/h3-4,7,9H,5-6,8,14H2,1-2H3. The zero-order valence-corrected chi connectivity index (χ0v) is 12.3. The number of nitrogens with two attached hydrogens (primary N) is 1. The van der Waals surface area contributed by atoms with E-state index in [4.69, 9.17) is 14.9 Å². The van der Waals surface area contributed by atoms with Crippen molar-refractivity contribution >= 4 is 26.6 Å². The van der Waals surface area contributed by atoms with Crippen molar-refractivity contribution in [3.8, 4) is 0 Å². The molecule has 0 amide bonds. The first kappa shape index (κ1) is 14.8. The summed E-state index contributed by atoms with van der Waals surface area (Å²) < 4.78 is 34.7. The van der Waals surface area contributed by atoms with Gasteiger partial charge in [0.05, 0.1) is 12.4 Å². The molecule has 2 N–H and O–H groups in total. The van der Waals surface area contributed by atoms with Crippen molar-refractivity contribution in [2.75, 3.05) is 24.7 Å². The van der Waals surface area contributed by atoms with Gasteiger partial charge in [0.2, 0.25) is 9.84 Å². The average molecular weight is 298 g/mol. The summed E-state index contributed by atoms with van der Waals surface area (Å²) in [4.78, 5) is 3.97. The maximum Gasteiger partial charge on any atom is 0.316 e. The van der Waals surface area contributed by atoms with E-state index in [0.717, 1.165) is 0 Å². The molecule has 0 unspecified atom stereocenters. The Morgan fingerprint density at radius 2 is 2.15 bits per heavy atom. The van der Waals surface area contributed by atoms with Crippen LogP contribution in [-0.4, -0.2) is 32.4 Å². The number of sulfone groups is 1. The van der Waals surface area contributed by atoms with Gasteiger partial charge in [0, 0.05) is 12.3 Å². The van der Waals surface area contributed by atoms with Gasteiger partial charge in [-0.05, 0) is 24.1 Å². The van der Waals surface area contributed by atoms with E-state index in [1.54, 1.807) is 18.2 Å². The Balaban J connectivity index is 2.11. The summed E-state index contributed by atoms with van der Waals surface area (Å²) in [6.07, 6.45) is 0. The molecule has 0 atom stereocenters. The van der Waals surface area contributed by atoms with Gasteiger partial charge in [0.1, 0.15) is 5.52 Å². The van der Waals surface area contributed by atoms with Gasteiger partial charge in [-0.1, -0.05) is 13.8 Å². The zero-order chi connectivity index (χ0) is 14.8. The predicted octanol–water partition coefficient (Wildman–Crippen LogP) is 1.86. The lowest BCUT2D eigenvalue weighted by atomic mass is 10.2. The number of ether oxygens (including phenoxy) is 1. The first-order valence-electron chi connectivity index (χ1n) is 6.35. The van der Waals surface area contributed by atoms with E-state index in [2.05, 4.69) is 4.98 Å². The van der Waals surface area contributed by atoms with Crippen LogP contribution in [-0.2, 0) is 14.6 Å². The number of anilines is 1. The highest BCUT2D eigenvalue weighted by Gasteiger charge is 2.21. The molecule has 0 aliphatic carbocycles. The van der Waals surface area contributed by atoms with E-state index < -0.39 is 9.84 Å². The van der Waals surface area contributed by atoms with Crippen LogP contribution in [0.5, 0.6) is 0 Å². The third kappa shape index (κ3) is 3.49. The SMILES string of the molecule is CC(C)COCCS(=O)(=O)c1nc2cc(N)ccc2o1. The number of benzene rings is 1. The quantitative estimate of drug-likeness (QED) is 0.646. The van der Waals surface area contributed by atoms with Crippen LogP contribution < -0.4 is 5.73 Å². The number of oxazole rings is 1. The van der Waals surface area contributed by atoms with Gasteiger partial charge in [0.15, 0.2) is 5.58 Å².